The molecule has 0 heterocycles. The molecule has 7 nitrogen and oxygen atoms in total. The van der Waals surface area contributed by atoms with Crippen molar-refractivity contribution in [1.82, 2.24) is 0 Å². The van der Waals surface area contributed by atoms with E-state index in [1.807, 2.05) is 57.2 Å². The lowest BCUT2D eigenvalue weighted by Gasteiger charge is -2.24. The zero-order valence-corrected chi connectivity index (χ0v) is 75.1. The second kappa shape index (κ2) is 56.8. The molecule has 0 saturated carbocycles. The van der Waals surface area contributed by atoms with E-state index in [9.17, 15) is 61.5 Å². The molecule has 0 aliphatic carbocycles. The standard InChI is InChI=1S/3C16H17F2N.3C16H13F2N.C15H11F2N.CH3B.CH4/c6*1-11(10-19)16(12-4-2-6-14(17)8-12)13-5-3-7-15(18)9-13;16-13-5-1-3-11(9-13)15(7-8-18)12-4-2-6-14(17)10-12;1-2;/h3*2-9,11,16H,10,19H2,1H3;3*2-9,11,16H,1H3;1-6,9-10,15H,7H2;1H3;1H4/t2*11-;;2*11-;;;;/m00.00..../s1. The van der Waals surface area contributed by atoms with Gasteiger partial charge in [-0.05, 0) is 306 Å². The number of nitrogens with two attached hydrogens (primary N) is 3. The molecule has 2 unspecified atom stereocenters. The Morgan fingerprint density at radius 1 is 0.215 bits per heavy atom. The first-order valence-corrected chi connectivity index (χ1v) is 43.2. The second-order valence-corrected chi connectivity index (χ2v) is 31.9. The summed E-state index contributed by atoms with van der Waals surface area (Å²) in [6.07, 6.45) is 0.187. The number of nitriles is 4. The van der Waals surface area contributed by atoms with Crippen LogP contribution in [0.15, 0.2) is 340 Å². The Labute approximate surface area is 785 Å². The van der Waals surface area contributed by atoms with Gasteiger partial charge in [0, 0.05) is 47.8 Å². The van der Waals surface area contributed by atoms with Crippen LogP contribution in [0.5, 0.6) is 0 Å². The molecule has 696 valence electrons. The van der Waals surface area contributed by atoms with Crippen molar-refractivity contribution in [1.29, 1.82) is 21.0 Å². The van der Waals surface area contributed by atoms with E-state index in [0.29, 0.717) is 64.1 Å². The molecule has 0 amide bonds. The van der Waals surface area contributed by atoms with E-state index >= 15 is 0 Å². The van der Waals surface area contributed by atoms with Gasteiger partial charge in [0.15, 0.2) is 0 Å². The number of rotatable bonds is 24. The van der Waals surface area contributed by atoms with Crippen LogP contribution in [0.3, 0.4) is 0 Å². The first-order chi connectivity index (χ1) is 64.4. The van der Waals surface area contributed by atoms with E-state index in [1.54, 1.807) is 154 Å². The van der Waals surface area contributed by atoms with Crippen molar-refractivity contribution in [2.45, 2.75) is 104 Å². The van der Waals surface area contributed by atoms with Crippen molar-refractivity contribution in [2.24, 2.45) is 52.7 Å². The highest BCUT2D eigenvalue weighted by molar-refractivity contribution is 6.05. The van der Waals surface area contributed by atoms with Gasteiger partial charge in [-0.15, -0.1) is 0 Å². The summed E-state index contributed by atoms with van der Waals surface area (Å²) in [5, 5.41) is 36.2. The van der Waals surface area contributed by atoms with Gasteiger partial charge in [-0.1, -0.05) is 205 Å². The molecular formula is C113H108BF14N7. The van der Waals surface area contributed by atoms with Crippen molar-refractivity contribution >= 4 is 7.85 Å². The van der Waals surface area contributed by atoms with Gasteiger partial charge < -0.3 is 17.2 Å². The van der Waals surface area contributed by atoms with Crippen LogP contribution >= 0.6 is 0 Å². The van der Waals surface area contributed by atoms with Crippen LogP contribution in [0.2, 0.25) is 6.82 Å². The fourth-order valence-corrected chi connectivity index (χ4v) is 15.9. The molecule has 22 heteroatoms. The predicted octanol–water partition coefficient (Wildman–Crippen LogP) is 28.7. The van der Waals surface area contributed by atoms with Crippen LogP contribution in [0, 0.1) is 162 Å². The highest BCUT2D eigenvalue weighted by Gasteiger charge is 2.29. The van der Waals surface area contributed by atoms with Crippen molar-refractivity contribution in [2.75, 3.05) is 19.6 Å². The zero-order chi connectivity index (χ0) is 97.9. The average molecular weight is 1840 g/mol. The van der Waals surface area contributed by atoms with Gasteiger partial charge >= 0.3 is 0 Å². The highest BCUT2D eigenvalue weighted by atomic mass is 19.2. The number of benzene rings is 14. The van der Waals surface area contributed by atoms with Gasteiger partial charge in [-0.25, -0.2) is 61.5 Å². The molecular weight excluding hydrogens is 1730 g/mol. The number of hydrogen-bond acceptors (Lipinski definition) is 7. The molecule has 0 aromatic heterocycles. The smallest absolute Gasteiger partial charge is 0.123 e. The Hall–Kier alpha value is -14.0. The van der Waals surface area contributed by atoms with Gasteiger partial charge in [-0.3, -0.25) is 0 Å². The van der Waals surface area contributed by atoms with E-state index < -0.39 is 0 Å². The third kappa shape index (κ3) is 34.2. The van der Waals surface area contributed by atoms with Crippen LogP contribution in [0.25, 0.3) is 0 Å². The monoisotopic (exact) mass is 1840 g/mol. The lowest BCUT2D eigenvalue weighted by Crippen LogP contribution is -2.20. The normalized spacial score (nSPS) is 11.9. The Morgan fingerprint density at radius 2 is 0.333 bits per heavy atom. The van der Waals surface area contributed by atoms with E-state index in [4.69, 9.17) is 38.2 Å². The summed E-state index contributed by atoms with van der Waals surface area (Å²) in [6.45, 7) is 14.1. The van der Waals surface area contributed by atoms with Crippen LogP contribution in [-0.4, -0.2) is 27.5 Å². The van der Waals surface area contributed by atoms with Gasteiger partial charge in [0.1, 0.15) is 81.4 Å². The Bertz CT molecular complexity index is 5370. The summed E-state index contributed by atoms with van der Waals surface area (Å²) in [6, 6.07) is 95.7. The van der Waals surface area contributed by atoms with E-state index in [2.05, 4.69) is 32.1 Å². The molecule has 2 radical (unpaired) electrons. The first-order valence-electron chi connectivity index (χ1n) is 43.2. The molecule has 14 aromatic rings. The van der Waals surface area contributed by atoms with Crippen molar-refractivity contribution in [3.8, 4) is 24.3 Å². The highest BCUT2D eigenvalue weighted by Crippen LogP contribution is 2.40. The molecule has 6 N–H and O–H groups in total. The molecule has 0 spiro atoms. The largest absolute Gasteiger partial charge is 0.330 e. The summed E-state index contributed by atoms with van der Waals surface area (Å²) in [7, 11) is 4.50. The summed E-state index contributed by atoms with van der Waals surface area (Å²) < 4.78 is 187. The third-order valence-electron chi connectivity index (χ3n) is 22.2. The van der Waals surface area contributed by atoms with Gasteiger partial charge in [-0.2, -0.15) is 21.0 Å². The van der Waals surface area contributed by atoms with E-state index in [1.165, 1.54) is 177 Å². The third-order valence-corrected chi connectivity index (χ3v) is 22.2. The van der Waals surface area contributed by atoms with Crippen molar-refractivity contribution in [3.05, 3.63) is 499 Å². The molecule has 0 fully saturated rings. The Balaban J connectivity index is 0.000000241. The summed E-state index contributed by atoms with van der Waals surface area (Å²) in [5.74, 6) is -7.02. The molecule has 135 heavy (non-hydrogen) atoms. The Morgan fingerprint density at radius 3 is 0.444 bits per heavy atom. The first kappa shape index (κ1) is 110. The number of hydrogen-bond donors (Lipinski definition) is 3. The predicted molar refractivity (Wildman–Crippen MR) is 510 cm³/mol. The van der Waals surface area contributed by atoms with Crippen LogP contribution < -0.4 is 17.2 Å². The quantitative estimate of drug-likeness (QED) is 0.0399. The zero-order valence-electron chi connectivity index (χ0n) is 75.1. The minimum atomic E-state index is -0.372. The summed E-state index contributed by atoms with van der Waals surface area (Å²) in [4.78, 5) is 0. The maximum absolute atomic E-state index is 13.4. The number of nitrogens with zero attached hydrogens (tertiary/aromatic N) is 4. The average Bonchev–Trinajstić information content (AvgIpc) is 0.827. The molecule has 14 rings (SSSR count). The maximum atomic E-state index is 13.4. The number of halogens is 14. The summed E-state index contributed by atoms with van der Waals surface area (Å²) >= 11 is 0. The van der Waals surface area contributed by atoms with Crippen molar-refractivity contribution < 1.29 is 61.5 Å². The fraction of sp³-hybridized carbons (Fsp3) is 0.221. The lowest BCUT2D eigenvalue weighted by molar-refractivity contribution is 0.516. The van der Waals surface area contributed by atoms with Crippen LogP contribution in [0.4, 0.5) is 61.5 Å². The molecule has 0 aliphatic rings. The van der Waals surface area contributed by atoms with Crippen LogP contribution in [-0.2, 0) is 0 Å². The molecule has 6 atom stereocenters. The maximum Gasteiger partial charge on any atom is 0.123 e. The second-order valence-electron chi connectivity index (χ2n) is 31.9. The Kier molecular flexibility index (Phi) is 46.2. The van der Waals surface area contributed by atoms with Crippen LogP contribution in [0.1, 0.15) is 175 Å². The van der Waals surface area contributed by atoms with Crippen molar-refractivity contribution in [3.63, 3.8) is 0 Å². The SMILES string of the molecule is C.CC(C#N)C(c1cccc(F)c1)c1cccc(F)c1.CC(CN)C(c1cccc(F)c1)c1cccc(F)c1.C[C@@H](C#N)C(c1cccc(F)c1)c1cccc(F)c1.C[C@@H](C#N)C(c1cccc(F)c1)c1cccc(F)c1.C[C@@H](CN)C(c1cccc(F)c1)c1cccc(F)c1.C[C@@H](CN)C(c1cccc(F)c1)c1cccc(F)c1.N#CCC(c1cccc(F)c1)c1cccc(F)c1.[B]C. The van der Waals surface area contributed by atoms with E-state index in [0.717, 1.165) is 33.4 Å². The van der Waals surface area contributed by atoms with E-state index in [-0.39, 0.29) is 172 Å². The topological polar surface area (TPSA) is 173 Å². The molecule has 14 aromatic carbocycles. The lowest BCUT2D eigenvalue weighted by atomic mass is 9.81. The fourth-order valence-electron chi connectivity index (χ4n) is 15.9. The van der Waals surface area contributed by atoms with Gasteiger partial charge in [0.05, 0.1) is 49.9 Å². The minimum Gasteiger partial charge on any atom is -0.330 e. The molecule has 0 aliphatic heterocycles. The summed E-state index contributed by atoms with van der Waals surface area (Å²) in [5.41, 5.74) is 27.6. The molecule has 0 bridgehead atoms. The molecule has 0 saturated heterocycles. The van der Waals surface area contributed by atoms with Gasteiger partial charge in [0.25, 0.3) is 0 Å². The van der Waals surface area contributed by atoms with Gasteiger partial charge in [0.2, 0.25) is 0 Å². The minimum absolute atomic E-state index is 0.